The number of aromatic nitrogens is 3. The lowest BCUT2D eigenvalue weighted by atomic mass is 9.95. The number of furan rings is 1. The van der Waals surface area contributed by atoms with Crippen LogP contribution in [0.3, 0.4) is 0 Å². The van der Waals surface area contributed by atoms with E-state index in [1.54, 1.807) is 0 Å². The summed E-state index contributed by atoms with van der Waals surface area (Å²) in [4.78, 5) is 15.5. The van der Waals surface area contributed by atoms with Crippen LogP contribution in [-0.4, -0.2) is 15.0 Å². The molecule has 0 aliphatic carbocycles. The molecular weight excluding hydrogens is 623 g/mol. The molecule has 0 aliphatic rings. The Bertz CT molecular complexity index is 2880. The molecule has 0 spiro atoms. The fourth-order valence-electron chi connectivity index (χ4n) is 7.17. The second kappa shape index (κ2) is 11.9. The zero-order chi connectivity index (χ0) is 33.7. The maximum Gasteiger partial charge on any atom is 0.162 e. The van der Waals surface area contributed by atoms with E-state index in [1.807, 2.05) is 36.4 Å². The van der Waals surface area contributed by atoms with E-state index in [2.05, 4.69) is 140 Å². The summed E-state index contributed by atoms with van der Waals surface area (Å²) >= 11 is 0. The Labute approximate surface area is 294 Å². The monoisotopic (exact) mass is 651 g/mol. The summed E-state index contributed by atoms with van der Waals surface area (Å²) in [7, 11) is 0. The lowest BCUT2D eigenvalue weighted by molar-refractivity contribution is 0.632. The van der Waals surface area contributed by atoms with Crippen molar-refractivity contribution in [1.29, 1.82) is 0 Å². The SMILES string of the molecule is c1ccc(-c2ccc3ccc4ccc(-c5ccc(-c6nc7ccccc7c7c(-c8ccccc8)c(-c8ccccc8)oc67)cc5)nc4c3n2)cc1. The number of nitrogens with zero attached hydrogens (tertiary/aromatic N) is 3. The van der Waals surface area contributed by atoms with E-state index in [9.17, 15) is 0 Å². The highest BCUT2D eigenvalue weighted by atomic mass is 16.3. The number of para-hydroxylation sites is 1. The molecule has 0 aliphatic heterocycles. The van der Waals surface area contributed by atoms with Crippen molar-refractivity contribution in [2.24, 2.45) is 0 Å². The second-order valence-corrected chi connectivity index (χ2v) is 12.8. The summed E-state index contributed by atoms with van der Waals surface area (Å²) < 4.78 is 6.90. The van der Waals surface area contributed by atoms with Crippen molar-refractivity contribution in [2.75, 3.05) is 0 Å². The highest BCUT2D eigenvalue weighted by Crippen LogP contribution is 2.46. The predicted molar refractivity (Wildman–Crippen MR) is 209 cm³/mol. The van der Waals surface area contributed by atoms with Crippen molar-refractivity contribution in [2.45, 2.75) is 0 Å². The van der Waals surface area contributed by atoms with Crippen molar-refractivity contribution >= 4 is 43.7 Å². The third-order valence-electron chi connectivity index (χ3n) is 9.67. The quantitative estimate of drug-likeness (QED) is 0.174. The highest BCUT2D eigenvalue weighted by molar-refractivity contribution is 6.18. The molecule has 10 rings (SSSR count). The van der Waals surface area contributed by atoms with Gasteiger partial charge in [-0.15, -0.1) is 0 Å². The Morgan fingerprint density at radius 1 is 0.373 bits per heavy atom. The molecule has 0 saturated carbocycles. The van der Waals surface area contributed by atoms with Crippen molar-refractivity contribution in [1.82, 2.24) is 15.0 Å². The van der Waals surface area contributed by atoms with Crippen molar-refractivity contribution in [3.8, 4) is 56.2 Å². The molecule has 4 nitrogen and oxygen atoms in total. The van der Waals surface area contributed by atoms with Gasteiger partial charge >= 0.3 is 0 Å². The van der Waals surface area contributed by atoms with E-state index in [4.69, 9.17) is 19.4 Å². The highest BCUT2D eigenvalue weighted by Gasteiger charge is 2.24. The van der Waals surface area contributed by atoms with Gasteiger partial charge in [-0.25, -0.2) is 15.0 Å². The molecule has 0 saturated heterocycles. The van der Waals surface area contributed by atoms with Crippen LogP contribution in [0, 0.1) is 0 Å². The maximum atomic E-state index is 6.90. The minimum Gasteiger partial charge on any atom is -0.453 e. The summed E-state index contributed by atoms with van der Waals surface area (Å²) in [5.41, 5.74) is 12.4. The topological polar surface area (TPSA) is 51.8 Å². The smallest absolute Gasteiger partial charge is 0.162 e. The van der Waals surface area contributed by atoms with E-state index in [-0.39, 0.29) is 0 Å². The van der Waals surface area contributed by atoms with Crippen LogP contribution in [0.1, 0.15) is 0 Å². The molecule has 0 unspecified atom stereocenters. The molecule has 51 heavy (non-hydrogen) atoms. The minimum atomic E-state index is 0.773. The van der Waals surface area contributed by atoms with Crippen molar-refractivity contribution in [3.05, 3.63) is 176 Å². The van der Waals surface area contributed by atoms with Gasteiger partial charge in [0, 0.05) is 49.4 Å². The minimum absolute atomic E-state index is 0.773. The van der Waals surface area contributed by atoms with Gasteiger partial charge in [0.15, 0.2) is 5.58 Å². The van der Waals surface area contributed by atoms with Crippen LogP contribution in [0.2, 0.25) is 0 Å². The van der Waals surface area contributed by atoms with Gasteiger partial charge in [-0.05, 0) is 23.8 Å². The van der Waals surface area contributed by atoms with Crippen LogP contribution in [-0.2, 0) is 0 Å². The Morgan fingerprint density at radius 2 is 0.863 bits per heavy atom. The fraction of sp³-hybridized carbons (Fsp3) is 0. The largest absolute Gasteiger partial charge is 0.453 e. The summed E-state index contributed by atoms with van der Waals surface area (Å²) in [5, 5.41) is 4.26. The molecule has 238 valence electrons. The van der Waals surface area contributed by atoms with Gasteiger partial charge < -0.3 is 4.42 Å². The van der Waals surface area contributed by atoms with Crippen LogP contribution in [0.4, 0.5) is 0 Å². The Hall–Kier alpha value is -6.91. The predicted octanol–water partition coefficient (Wildman–Crippen LogP) is 12.4. The first-order chi connectivity index (χ1) is 25.3. The normalized spacial score (nSPS) is 11.5. The first-order valence-corrected chi connectivity index (χ1v) is 17.1. The van der Waals surface area contributed by atoms with E-state index >= 15 is 0 Å². The van der Waals surface area contributed by atoms with Gasteiger partial charge in [-0.2, -0.15) is 0 Å². The summed E-state index contributed by atoms with van der Waals surface area (Å²) in [6.07, 6.45) is 0. The van der Waals surface area contributed by atoms with Crippen LogP contribution in [0.15, 0.2) is 180 Å². The van der Waals surface area contributed by atoms with E-state index in [0.29, 0.717) is 0 Å². The molecule has 0 atom stereocenters. The Kier molecular flexibility index (Phi) is 6.78. The van der Waals surface area contributed by atoms with Crippen LogP contribution >= 0.6 is 0 Å². The molecule has 0 bridgehead atoms. The molecule has 0 fully saturated rings. The average Bonchev–Trinajstić information content (AvgIpc) is 3.62. The molecule has 6 aromatic carbocycles. The van der Waals surface area contributed by atoms with Crippen LogP contribution in [0.5, 0.6) is 0 Å². The number of pyridine rings is 3. The van der Waals surface area contributed by atoms with Gasteiger partial charge in [0.05, 0.1) is 27.9 Å². The zero-order valence-electron chi connectivity index (χ0n) is 27.5. The number of hydrogen-bond acceptors (Lipinski definition) is 4. The second-order valence-electron chi connectivity index (χ2n) is 12.8. The lowest BCUT2D eigenvalue weighted by Crippen LogP contribution is -1.91. The maximum absolute atomic E-state index is 6.90. The molecule has 4 heterocycles. The summed E-state index contributed by atoms with van der Waals surface area (Å²) in [6.45, 7) is 0. The number of hydrogen-bond donors (Lipinski definition) is 0. The van der Waals surface area contributed by atoms with Gasteiger partial charge in [-0.3, -0.25) is 0 Å². The van der Waals surface area contributed by atoms with Crippen molar-refractivity contribution in [3.63, 3.8) is 0 Å². The summed E-state index contributed by atoms with van der Waals surface area (Å²) in [6, 6.07) is 60.6. The molecule has 0 amide bonds. The third kappa shape index (κ3) is 4.96. The molecule has 10 aromatic rings. The van der Waals surface area contributed by atoms with E-state index in [1.165, 1.54) is 0 Å². The molecule has 4 aromatic heterocycles. The number of fused-ring (bicyclic) bond motifs is 6. The first kappa shape index (κ1) is 29.0. The molecule has 0 radical (unpaired) electrons. The van der Waals surface area contributed by atoms with Gasteiger partial charge in [-0.1, -0.05) is 158 Å². The van der Waals surface area contributed by atoms with Crippen molar-refractivity contribution < 1.29 is 4.42 Å². The van der Waals surface area contributed by atoms with Crippen LogP contribution in [0.25, 0.3) is 99.9 Å². The average molecular weight is 652 g/mol. The lowest BCUT2D eigenvalue weighted by Gasteiger charge is -2.10. The standard InChI is InChI=1S/C47H29N3O/c1-4-12-30(13-5-1)38-28-26-33-24-25-34-27-29-39(49-44(34)43(33)48-38)31-20-22-35(23-21-31)45-47-42(37-18-10-11-19-40(37)50-45)41(32-14-6-2-7-15-32)46(51-47)36-16-8-3-9-17-36/h1-29H. The van der Waals surface area contributed by atoms with Gasteiger partial charge in [0.1, 0.15) is 11.5 Å². The molecular formula is C47H29N3O. The van der Waals surface area contributed by atoms with Gasteiger partial charge in [0.25, 0.3) is 0 Å². The first-order valence-electron chi connectivity index (χ1n) is 17.1. The number of benzene rings is 6. The molecule has 0 N–H and O–H groups in total. The van der Waals surface area contributed by atoms with E-state index in [0.717, 1.165) is 99.9 Å². The Morgan fingerprint density at radius 3 is 1.49 bits per heavy atom. The Balaban J connectivity index is 1.13. The summed E-state index contributed by atoms with van der Waals surface area (Å²) in [5.74, 6) is 0.837. The fourth-order valence-corrected chi connectivity index (χ4v) is 7.17. The van der Waals surface area contributed by atoms with Crippen LogP contribution < -0.4 is 0 Å². The third-order valence-corrected chi connectivity index (χ3v) is 9.67. The zero-order valence-corrected chi connectivity index (χ0v) is 27.5. The van der Waals surface area contributed by atoms with Gasteiger partial charge in [0.2, 0.25) is 0 Å². The van der Waals surface area contributed by atoms with E-state index < -0.39 is 0 Å². The molecule has 4 heteroatoms. The number of rotatable bonds is 5.